The number of amides is 1. The van der Waals surface area contributed by atoms with Crippen LogP contribution in [0.4, 0.5) is 5.69 Å². The number of nitrogens with one attached hydrogen (secondary N) is 1. The molecule has 1 unspecified atom stereocenters. The quantitative estimate of drug-likeness (QED) is 0.193. The molecule has 8 heteroatoms. The maximum atomic E-state index is 13.3. The predicted octanol–water partition coefficient (Wildman–Crippen LogP) is 5.33. The van der Waals surface area contributed by atoms with Crippen molar-refractivity contribution in [3.63, 3.8) is 0 Å². The van der Waals surface area contributed by atoms with Crippen LogP contribution in [0.3, 0.4) is 0 Å². The molecule has 40 heavy (non-hydrogen) atoms. The third kappa shape index (κ3) is 8.47. The van der Waals surface area contributed by atoms with Crippen LogP contribution < -0.4 is 5.32 Å². The first-order chi connectivity index (χ1) is 19.2. The molecule has 1 saturated carbocycles. The van der Waals surface area contributed by atoms with Crippen LogP contribution in [0.1, 0.15) is 42.8 Å². The molecular weight excluding hydrogens is 540 g/mol. The molecule has 2 atom stereocenters. The molecule has 0 saturated heterocycles. The topological polar surface area (TPSA) is 74.2 Å². The van der Waals surface area contributed by atoms with Crippen molar-refractivity contribution in [3.05, 3.63) is 127 Å². The smallest absolute Gasteiger partial charge is 0.349 e. The van der Waals surface area contributed by atoms with Crippen molar-refractivity contribution in [2.75, 3.05) is 11.9 Å². The zero-order valence-electron chi connectivity index (χ0n) is 22.5. The number of carbonyl (C=O) groups is 1. The van der Waals surface area contributed by atoms with Gasteiger partial charge in [0.25, 0.3) is 0 Å². The van der Waals surface area contributed by atoms with Crippen LogP contribution in [0.15, 0.2) is 104 Å². The van der Waals surface area contributed by atoms with E-state index in [-0.39, 0.29) is 41.6 Å². The number of benzene rings is 1. The summed E-state index contributed by atoms with van der Waals surface area (Å²) < 4.78 is 0. The van der Waals surface area contributed by atoms with Crippen LogP contribution in [-0.2, 0) is 35.0 Å². The fourth-order valence-electron chi connectivity index (χ4n) is 5.36. The molecule has 1 N–H and O–H groups in total. The number of hydrogen-bond acceptors (Lipinski definition) is 6. The average Bonchev–Trinajstić information content (AvgIpc) is 2.99. The summed E-state index contributed by atoms with van der Waals surface area (Å²) in [6.07, 6.45) is 9.78. The first-order valence-electron chi connectivity index (χ1n) is 13.6. The third-order valence-electron chi connectivity index (χ3n) is 7.14. The van der Waals surface area contributed by atoms with Gasteiger partial charge in [-0.1, -0.05) is 54.9 Å². The van der Waals surface area contributed by atoms with Crippen LogP contribution in [0.5, 0.6) is 0 Å². The molecule has 3 heterocycles. The Morgan fingerprint density at radius 1 is 0.750 bits per heavy atom. The predicted molar refractivity (Wildman–Crippen MR) is 153 cm³/mol. The molecule has 1 aliphatic rings. The standard InChI is InChI=1S/C32H35N6O.Fe/c39-32(36-26-12-2-1-3-13-26)25-38(24-29-16-8-11-21-35-29)31-18-5-4-17-30(31)37(22-27-14-6-9-19-33-27)23-28-15-7-10-20-34-28;/h1-3,6-16,19-22,30-31H,4-5,17-18,23-25H2,(H,36,39);/q-1;+2/t30?,31-;/m0./s1. The molecule has 0 spiro atoms. The summed E-state index contributed by atoms with van der Waals surface area (Å²) in [6.45, 7) is 3.71. The summed E-state index contributed by atoms with van der Waals surface area (Å²) in [4.78, 5) is 31.8. The molecule has 4 aromatic rings. The fraction of sp³-hybridized carbons (Fsp3) is 0.281. The summed E-state index contributed by atoms with van der Waals surface area (Å²) in [5, 5.41) is 3.08. The Morgan fingerprint density at radius 3 is 1.98 bits per heavy atom. The Kier molecular flexibility index (Phi) is 11.3. The molecule has 1 aromatic carbocycles. The van der Waals surface area contributed by atoms with E-state index < -0.39 is 0 Å². The Balaban J connectivity index is 0.00000370. The molecule has 0 radical (unpaired) electrons. The van der Waals surface area contributed by atoms with Gasteiger partial charge in [0.1, 0.15) is 0 Å². The minimum atomic E-state index is -0.0218. The van der Waals surface area contributed by atoms with Crippen molar-refractivity contribution in [2.45, 2.75) is 50.9 Å². The molecule has 1 aliphatic carbocycles. The number of rotatable bonds is 11. The Bertz CT molecular complexity index is 1240. The van der Waals surface area contributed by atoms with E-state index in [1.54, 1.807) is 0 Å². The van der Waals surface area contributed by atoms with Gasteiger partial charge < -0.3 is 10.2 Å². The molecule has 5 rings (SSSR count). The van der Waals surface area contributed by atoms with Crippen LogP contribution in [0.25, 0.3) is 0 Å². The molecule has 3 aromatic heterocycles. The molecule has 0 aliphatic heterocycles. The van der Waals surface area contributed by atoms with E-state index in [9.17, 15) is 4.79 Å². The molecule has 7 nitrogen and oxygen atoms in total. The number of pyridine rings is 3. The van der Waals surface area contributed by atoms with Crippen molar-refractivity contribution in [2.24, 2.45) is 0 Å². The minimum Gasteiger partial charge on any atom is -0.349 e. The Hall–Kier alpha value is -3.55. The summed E-state index contributed by atoms with van der Waals surface area (Å²) in [5.41, 5.74) is 3.68. The summed E-state index contributed by atoms with van der Waals surface area (Å²) in [5.74, 6) is -0.0218. The third-order valence-corrected chi connectivity index (χ3v) is 7.14. The van der Waals surface area contributed by atoms with Gasteiger partial charge in [0.2, 0.25) is 5.91 Å². The van der Waals surface area contributed by atoms with Crippen LogP contribution >= 0.6 is 0 Å². The number of para-hydroxylation sites is 1. The molecular formula is C32H35FeN6O+. The summed E-state index contributed by atoms with van der Waals surface area (Å²) in [7, 11) is 0. The van der Waals surface area contributed by atoms with Gasteiger partial charge >= 0.3 is 17.1 Å². The van der Waals surface area contributed by atoms with Gasteiger partial charge in [0, 0.05) is 49.5 Å². The molecule has 1 amide bonds. The number of hydrogen-bond donors (Lipinski definition) is 1. The van der Waals surface area contributed by atoms with Crippen molar-refractivity contribution in [1.82, 2.24) is 24.8 Å². The van der Waals surface area contributed by atoms with Crippen molar-refractivity contribution < 1.29 is 21.9 Å². The van der Waals surface area contributed by atoms with Crippen LogP contribution in [0.2, 0.25) is 0 Å². The molecule has 1 fully saturated rings. The maximum absolute atomic E-state index is 13.3. The van der Waals surface area contributed by atoms with Gasteiger partial charge in [-0.25, -0.2) is 0 Å². The fourth-order valence-corrected chi connectivity index (χ4v) is 5.36. The zero-order valence-corrected chi connectivity index (χ0v) is 23.6. The van der Waals surface area contributed by atoms with E-state index in [1.165, 1.54) is 0 Å². The number of aromatic nitrogens is 3. The summed E-state index contributed by atoms with van der Waals surface area (Å²) >= 11 is 0. The average molecular weight is 576 g/mol. The number of carbonyl (C=O) groups excluding carboxylic acids is 1. The minimum absolute atomic E-state index is 0. The van der Waals surface area contributed by atoms with Crippen molar-refractivity contribution in [3.8, 4) is 0 Å². The van der Waals surface area contributed by atoms with Gasteiger partial charge in [-0.3, -0.25) is 24.6 Å². The number of nitrogens with zero attached hydrogens (tertiary/aromatic N) is 5. The van der Waals surface area contributed by atoms with Gasteiger partial charge in [0.05, 0.1) is 17.9 Å². The largest absolute Gasteiger partial charge is 2.00 e. The van der Waals surface area contributed by atoms with E-state index in [2.05, 4.69) is 42.7 Å². The second-order valence-electron chi connectivity index (χ2n) is 9.94. The maximum Gasteiger partial charge on any atom is 2.00 e. The van der Waals surface area contributed by atoms with Crippen LogP contribution in [0, 0.1) is 6.54 Å². The summed E-state index contributed by atoms with van der Waals surface area (Å²) in [6, 6.07) is 28.0. The van der Waals surface area contributed by atoms with Gasteiger partial charge in [-0.15, -0.1) is 12.6 Å². The van der Waals surface area contributed by atoms with Crippen molar-refractivity contribution >= 4 is 11.6 Å². The van der Waals surface area contributed by atoms with E-state index in [0.717, 1.165) is 48.5 Å². The Labute approximate surface area is 247 Å². The molecule has 206 valence electrons. The second-order valence-corrected chi connectivity index (χ2v) is 9.94. The van der Waals surface area contributed by atoms with Crippen molar-refractivity contribution in [1.29, 1.82) is 0 Å². The van der Waals surface area contributed by atoms with E-state index in [0.29, 0.717) is 13.1 Å². The first-order valence-corrected chi connectivity index (χ1v) is 13.6. The van der Waals surface area contributed by atoms with E-state index >= 15 is 0 Å². The molecule has 0 bridgehead atoms. The van der Waals surface area contributed by atoms with Gasteiger partial charge in [-0.05, 0) is 49.2 Å². The second kappa shape index (κ2) is 15.3. The van der Waals surface area contributed by atoms with Gasteiger partial charge in [0.15, 0.2) is 0 Å². The van der Waals surface area contributed by atoms with E-state index in [4.69, 9.17) is 0 Å². The van der Waals surface area contributed by atoms with Crippen LogP contribution in [-0.4, -0.2) is 49.3 Å². The zero-order chi connectivity index (χ0) is 26.7. The SMILES string of the molecule is O=C(CN(Cc1ccccn1)[C@H]1CCCCC1N([CH-]c1ccccn1)Cc1ccccn1)Nc1ccccc1.[Fe+2]. The van der Waals surface area contributed by atoms with E-state index in [1.807, 2.05) is 97.5 Å². The monoisotopic (exact) mass is 575 g/mol. The number of anilines is 1. The Morgan fingerprint density at radius 2 is 1.35 bits per heavy atom. The van der Waals surface area contributed by atoms with Gasteiger partial charge in [-0.2, -0.15) is 6.07 Å². The normalized spacial score (nSPS) is 16.8. The first kappa shape index (κ1) is 29.4.